The molecular weight excluding hydrogens is 865 g/mol. The number of esters is 3. The van der Waals surface area contributed by atoms with Crippen LogP contribution < -0.4 is 0 Å². The zero-order valence-electron chi connectivity index (χ0n) is 44.5. The fraction of sp³-hybridized carbons (Fsp3) is 0.547. The smallest absolute Gasteiger partial charge is 0.306 e. The van der Waals surface area contributed by atoms with Gasteiger partial charge in [-0.15, -0.1) is 0 Å². The molecule has 0 saturated carbocycles. The highest BCUT2D eigenvalue weighted by molar-refractivity contribution is 5.71. The Balaban J connectivity index is 4.55. The first kappa shape index (κ1) is 65.0. The summed E-state index contributed by atoms with van der Waals surface area (Å²) in [7, 11) is 0. The van der Waals surface area contributed by atoms with Crippen molar-refractivity contribution in [2.24, 2.45) is 0 Å². The van der Waals surface area contributed by atoms with Crippen molar-refractivity contribution >= 4 is 17.9 Å². The molecule has 0 heterocycles. The van der Waals surface area contributed by atoms with Crippen LogP contribution in [0.4, 0.5) is 0 Å². The zero-order valence-corrected chi connectivity index (χ0v) is 44.5. The molecule has 0 aliphatic rings. The van der Waals surface area contributed by atoms with Gasteiger partial charge in [-0.05, 0) is 96.3 Å². The van der Waals surface area contributed by atoms with Crippen molar-refractivity contribution in [1.29, 1.82) is 0 Å². The largest absolute Gasteiger partial charge is 0.462 e. The Labute approximate surface area is 429 Å². The van der Waals surface area contributed by atoms with Crippen LogP contribution >= 0.6 is 0 Å². The Hall–Kier alpha value is -4.97. The van der Waals surface area contributed by atoms with Crippen LogP contribution in [0.25, 0.3) is 0 Å². The van der Waals surface area contributed by atoms with Crippen LogP contribution in [0.1, 0.15) is 207 Å². The molecule has 0 spiro atoms. The van der Waals surface area contributed by atoms with E-state index in [2.05, 4.69) is 118 Å². The van der Waals surface area contributed by atoms with E-state index in [4.69, 9.17) is 14.2 Å². The summed E-state index contributed by atoms with van der Waals surface area (Å²) in [6, 6.07) is 0. The molecule has 0 saturated heterocycles. The lowest BCUT2D eigenvalue weighted by Gasteiger charge is -2.18. The first-order valence-corrected chi connectivity index (χ1v) is 27.6. The van der Waals surface area contributed by atoms with Crippen LogP contribution in [0.5, 0.6) is 0 Å². The van der Waals surface area contributed by atoms with E-state index in [1.807, 2.05) is 60.8 Å². The normalized spacial score (nSPS) is 13.4. The third-order valence-corrected chi connectivity index (χ3v) is 11.0. The van der Waals surface area contributed by atoms with Crippen molar-refractivity contribution in [1.82, 2.24) is 0 Å². The molecule has 0 aliphatic heterocycles. The maximum absolute atomic E-state index is 12.9. The highest BCUT2D eigenvalue weighted by atomic mass is 16.6. The summed E-state index contributed by atoms with van der Waals surface area (Å²) in [5.74, 6) is -0.983. The Bertz CT molecular complexity index is 1620. The average Bonchev–Trinajstić information content (AvgIpc) is 3.36. The first-order chi connectivity index (χ1) is 34.5. The molecule has 0 radical (unpaired) electrons. The molecule has 0 N–H and O–H groups in total. The minimum atomic E-state index is -0.817. The third kappa shape index (κ3) is 54.0. The average molecular weight is 963 g/mol. The van der Waals surface area contributed by atoms with Gasteiger partial charge in [-0.1, -0.05) is 249 Å². The summed E-state index contributed by atoms with van der Waals surface area (Å²) in [5.41, 5.74) is 0. The lowest BCUT2D eigenvalue weighted by molar-refractivity contribution is -0.167. The van der Waals surface area contributed by atoms with Crippen LogP contribution in [0, 0.1) is 0 Å². The van der Waals surface area contributed by atoms with Crippen LogP contribution in [0.15, 0.2) is 158 Å². The second kappa shape index (κ2) is 56.6. The van der Waals surface area contributed by atoms with Gasteiger partial charge in [0.05, 0.1) is 0 Å². The number of allylic oxidation sites excluding steroid dienone is 26. The molecule has 0 fully saturated rings. The minimum Gasteiger partial charge on any atom is -0.462 e. The summed E-state index contributed by atoms with van der Waals surface area (Å²) in [6.45, 7) is 6.23. The summed E-state index contributed by atoms with van der Waals surface area (Å²) in [6.07, 6.45) is 82.1. The van der Waals surface area contributed by atoms with E-state index < -0.39 is 6.10 Å². The molecule has 1 atom stereocenters. The van der Waals surface area contributed by atoms with Crippen molar-refractivity contribution in [2.75, 3.05) is 13.2 Å². The molecule has 70 heavy (non-hydrogen) atoms. The summed E-state index contributed by atoms with van der Waals surface area (Å²) >= 11 is 0. The molecule has 0 aromatic carbocycles. The molecule has 6 nitrogen and oxygen atoms in total. The number of carbonyl (C=O) groups excluding carboxylic acids is 3. The third-order valence-electron chi connectivity index (χ3n) is 11.0. The van der Waals surface area contributed by atoms with Gasteiger partial charge in [0.1, 0.15) is 13.2 Å². The molecule has 0 aromatic heterocycles. The van der Waals surface area contributed by atoms with Gasteiger partial charge in [-0.2, -0.15) is 0 Å². The van der Waals surface area contributed by atoms with Crippen molar-refractivity contribution in [2.45, 2.75) is 213 Å². The molecule has 0 rings (SSSR count). The van der Waals surface area contributed by atoms with E-state index >= 15 is 0 Å². The Morgan fingerprint density at radius 3 is 1.04 bits per heavy atom. The maximum atomic E-state index is 12.9. The second-order valence-electron chi connectivity index (χ2n) is 17.6. The van der Waals surface area contributed by atoms with Gasteiger partial charge in [0.25, 0.3) is 0 Å². The van der Waals surface area contributed by atoms with E-state index in [1.165, 1.54) is 19.3 Å². The highest BCUT2D eigenvalue weighted by Gasteiger charge is 2.19. The molecule has 0 aliphatic carbocycles. The maximum Gasteiger partial charge on any atom is 0.306 e. The van der Waals surface area contributed by atoms with Crippen LogP contribution in [0.2, 0.25) is 0 Å². The fourth-order valence-corrected chi connectivity index (χ4v) is 6.88. The second-order valence-corrected chi connectivity index (χ2v) is 17.6. The lowest BCUT2D eigenvalue weighted by Crippen LogP contribution is -2.30. The Kier molecular flexibility index (Phi) is 52.6. The number of rotatable bonds is 47. The van der Waals surface area contributed by atoms with E-state index in [1.54, 1.807) is 0 Å². The van der Waals surface area contributed by atoms with E-state index in [9.17, 15) is 14.4 Å². The lowest BCUT2D eigenvalue weighted by atomic mass is 10.1. The van der Waals surface area contributed by atoms with Crippen LogP contribution in [0.3, 0.4) is 0 Å². The van der Waals surface area contributed by atoms with Gasteiger partial charge < -0.3 is 14.2 Å². The molecule has 0 amide bonds. The molecule has 1 unspecified atom stereocenters. The molecule has 0 bridgehead atoms. The highest BCUT2D eigenvalue weighted by Crippen LogP contribution is 2.13. The van der Waals surface area contributed by atoms with Crippen molar-refractivity contribution < 1.29 is 28.6 Å². The number of hydrogen-bond acceptors (Lipinski definition) is 6. The van der Waals surface area contributed by atoms with Crippen molar-refractivity contribution in [3.8, 4) is 0 Å². The Morgan fingerprint density at radius 2 is 0.629 bits per heavy atom. The fourth-order valence-electron chi connectivity index (χ4n) is 6.88. The Morgan fingerprint density at radius 1 is 0.314 bits per heavy atom. The van der Waals surface area contributed by atoms with Gasteiger partial charge in [0, 0.05) is 19.3 Å². The number of hydrogen-bond donors (Lipinski definition) is 0. The van der Waals surface area contributed by atoms with Gasteiger partial charge in [-0.3, -0.25) is 14.4 Å². The SMILES string of the molecule is CC\C=C/C=C\C=C/C=C\CCCCCCCC(=O)OCC(COC(=O)CCCCCCCC/C=C\C/C=C\C/C=C\C/C=C\CC)OC(=O)CCCCCCC\C=C/C=C\C=C/C=C\C=C/CCC. The van der Waals surface area contributed by atoms with E-state index in [-0.39, 0.29) is 37.5 Å². The molecular formula is C64H98O6. The minimum absolute atomic E-state index is 0.112. The monoisotopic (exact) mass is 963 g/mol. The summed E-state index contributed by atoms with van der Waals surface area (Å²) < 4.78 is 16.8. The molecule has 6 heteroatoms. The summed E-state index contributed by atoms with van der Waals surface area (Å²) in [5, 5.41) is 0. The topological polar surface area (TPSA) is 78.9 Å². The van der Waals surface area contributed by atoms with Gasteiger partial charge in [0.2, 0.25) is 0 Å². The van der Waals surface area contributed by atoms with Crippen molar-refractivity contribution in [3.05, 3.63) is 158 Å². The predicted octanol–water partition coefficient (Wildman–Crippen LogP) is 18.6. The number of carbonyl (C=O) groups is 3. The standard InChI is InChI=1S/C64H98O6/c1-4-7-10-13-16-19-22-25-28-30-32-34-36-39-42-45-48-51-54-57-63(66)69-60-61(59-68-62(65)56-53-50-47-44-41-38-35-27-24-21-18-15-12-9-6-3)70-64(67)58-55-52-49-46-43-40-37-33-31-29-26-23-20-17-14-11-8-5-2/h7,9-12,14-21,23-29,31-35,37,61H,4-6,8,13,22,30,36,38-60H2,1-3H3/b10-7-,12-9-,14-11-,18-15-,19-16-,20-17-,24-21-,26-23-,28-25-,31-29-,34-32-,35-27-,37-33-. The molecule has 390 valence electrons. The van der Waals surface area contributed by atoms with Gasteiger partial charge in [-0.25, -0.2) is 0 Å². The van der Waals surface area contributed by atoms with Crippen LogP contribution in [-0.2, 0) is 28.6 Å². The predicted molar refractivity (Wildman–Crippen MR) is 302 cm³/mol. The van der Waals surface area contributed by atoms with Crippen LogP contribution in [-0.4, -0.2) is 37.2 Å². The zero-order chi connectivity index (χ0) is 50.7. The quantitative estimate of drug-likeness (QED) is 0.0199. The molecule has 0 aromatic rings. The van der Waals surface area contributed by atoms with E-state index in [0.717, 1.165) is 148 Å². The van der Waals surface area contributed by atoms with E-state index in [0.29, 0.717) is 12.8 Å². The van der Waals surface area contributed by atoms with Gasteiger partial charge >= 0.3 is 17.9 Å². The summed E-state index contributed by atoms with van der Waals surface area (Å²) in [4.78, 5) is 38.2. The number of ether oxygens (including phenoxy) is 3. The van der Waals surface area contributed by atoms with Gasteiger partial charge in [0.15, 0.2) is 6.10 Å². The first-order valence-electron chi connectivity index (χ1n) is 27.6. The number of unbranched alkanes of at least 4 members (excludes halogenated alkanes) is 17. The van der Waals surface area contributed by atoms with Crippen molar-refractivity contribution in [3.63, 3.8) is 0 Å².